The number of rotatable bonds is 10. The monoisotopic (exact) mass is 288 g/mol. The summed E-state index contributed by atoms with van der Waals surface area (Å²) in [7, 11) is 4.09. The molecule has 0 fully saturated rings. The van der Waals surface area contributed by atoms with Crippen LogP contribution in [0, 0.1) is 5.92 Å². The second kappa shape index (κ2) is 10.2. The molecule has 1 aromatic carbocycles. The highest BCUT2D eigenvalue weighted by Gasteiger charge is 2.20. The van der Waals surface area contributed by atoms with Gasteiger partial charge in [-0.2, -0.15) is 0 Å². The van der Waals surface area contributed by atoms with Crippen LogP contribution in [0.5, 0.6) is 5.75 Å². The Balaban J connectivity index is 2.62. The second-order valence-corrected chi connectivity index (χ2v) is 5.47. The van der Waals surface area contributed by atoms with Gasteiger partial charge in [-0.05, 0) is 32.6 Å². The van der Waals surface area contributed by atoms with Gasteiger partial charge in [0.1, 0.15) is 11.9 Å². The first-order chi connectivity index (χ1) is 10.2. The van der Waals surface area contributed by atoms with Gasteiger partial charge in [0.05, 0.1) is 0 Å². The number of nitrogens with zero attached hydrogens (tertiary/aromatic N) is 2. The van der Waals surface area contributed by atoms with Gasteiger partial charge in [0, 0.05) is 31.6 Å². The highest BCUT2D eigenvalue weighted by Crippen LogP contribution is 2.21. The zero-order valence-corrected chi connectivity index (χ0v) is 13.5. The molecule has 0 unspecified atom stereocenters. The molecule has 0 N–H and O–H groups in total. The Morgan fingerprint density at radius 1 is 1.29 bits per heavy atom. The summed E-state index contributed by atoms with van der Waals surface area (Å²) in [4.78, 5) is 6.65. The van der Waals surface area contributed by atoms with E-state index < -0.39 is 0 Å². The van der Waals surface area contributed by atoms with Crippen LogP contribution in [0.25, 0.3) is 0 Å². The van der Waals surface area contributed by atoms with Crippen molar-refractivity contribution >= 4 is 6.21 Å². The standard InChI is InChI=1S/C18H28N2O/c1-5-10-18(21-17-11-8-7-9-12-17)16(6-2)15-19-13-14-20(3)4/h5,7-9,11-13,16,18H,1,6,10,14-15H2,2-4H3/t16-,18-/m1/s1. The lowest BCUT2D eigenvalue weighted by Crippen LogP contribution is -2.28. The predicted octanol–water partition coefficient (Wildman–Crippen LogP) is 3.67. The lowest BCUT2D eigenvalue weighted by molar-refractivity contribution is 0.137. The summed E-state index contributed by atoms with van der Waals surface area (Å²) in [6, 6.07) is 9.99. The molecule has 1 rings (SSSR count). The molecule has 0 heterocycles. The molecule has 0 radical (unpaired) electrons. The summed E-state index contributed by atoms with van der Waals surface area (Å²) in [6.45, 7) is 7.72. The summed E-state index contributed by atoms with van der Waals surface area (Å²) in [5.74, 6) is 1.32. The molecular weight excluding hydrogens is 260 g/mol. The Bertz CT molecular complexity index is 414. The first-order valence-corrected chi connectivity index (χ1v) is 7.63. The molecule has 116 valence electrons. The molecule has 0 aliphatic carbocycles. The van der Waals surface area contributed by atoms with Crippen LogP contribution in [0.15, 0.2) is 48.0 Å². The molecular formula is C18H28N2O. The highest BCUT2D eigenvalue weighted by molar-refractivity contribution is 5.59. The molecule has 0 aromatic heterocycles. The van der Waals surface area contributed by atoms with E-state index in [2.05, 4.69) is 23.4 Å². The number of benzene rings is 1. The topological polar surface area (TPSA) is 24.8 Å². The van der Waals surface area contributed by atoms with Gasteiger partial charge in [0.25, 0.3) is 0 Å². The highest BCUT2D eigenvalue weighted by atomic mass is 16.5. The van der Waals surface area contributed by atoms with Crippen molar-refractivity contribution in [1.29, 1.82) is 0 Å². The fourth-order valence-corrected chi connectivity index (χ4v) is 2.12. The Kier molecular flexibility index (Phi) is 8.44. The minimum atomic E-state index is 0.131. The van der Waals surface area contributed by atoms with Crippen molar-refractivity contribution in [2.75, 3.05) is 27.2 Å². The fraction of sp³-hybridized carbons (Fsp3) is 0.500. The van der Waals surface area contributed by atoms with Crippen molar-refractivity contribution in [1.82, 2.24) is 4.90 Å². The van der Waals surface area contributed by atoms with Crippen molar-refractivity contribution in [3.05, 3.63) is 43.0 Å². The number of ether oxygens (including phenoxy) is 1. The van der Waals surface area contributed by atoms with Crippen LogP contribution in [0.2, 0.25) is 0 Å². The smallest absolute Gasteiger partial charge is 0.119 e. The normalized spacial score (nSPS) is 14.3. The van der Waals surface area contributed by atoms with Gasteiger partial charge in [0.15, 0.2) is 0 Å². The van der Waals surface area contributed by atoms with E-state index in [1.165, 1.54) is 0 Å². The number of aliphatic imine (C=N–C) groups is 1. The molecule has 0 bridgehead atoms. The molecule has 0 amide bonds. The second-order valence-electron chi connectivity index (χ2n) is 5.47. The Morgan fingerprint density at radius 2 is 2.00 bits per heavy atom. The third-order valence-electron chi connectivity index (χ3n) is 3.40. The van der Waals surface area contributed by atoms with Gasteiger partial charge >= 0.3 is 0 Å². The molecule has 0 aliphatic heterocycles. The van der Waals surface area contributed by atoms with Gasteiger partial charge in [-0.15, -0.1) is 6.58 Å². The quantitative estimate of drug-likeness (QED) is 0.485. The van der Waals surface area contributed by atoms with Crippen LogP contribution in [0.3, 0.4) is 0 Å². The maximum atomic E-state index is 6.13. The Hall–Kier alpha value is -1.61. The number of para-hydroxylation sites is 1. The van der Waals surface area contributed by atoms with Crippen molar-refractivity contribution in [3.8, 4) is 5.75 Å². The molecule has 2 atom stereocenters. The SMILES string of the molecule is C=CC[C@@H](Oc1ccccc1)[C@H](CC)CN=CCN(C)C. The molecule has 3 nitrogen and oxygen atoms in total. The van der Waals surface area contributed by atoms with Gasteiger partial charge in [-0.1, -0.05) is 31.2 Å². The van der Waals surface area contributed by atoms with Gasteiger partial charge < -0.3 is 9.64 Å². The number of hydrogen-bond donors (Lipinski definition) is 0. The van der Waals surface area contributed by atoms with E-state index in [1.807, 2.05) is 56.7 Å². The van der Waals surface area contributed by atoms with E-state index in [9.17, 15) is 0 Å². The average Bonchev–Trinajstić information content (AvgIpc) is 2.48. The third kappa shape index (κ3) is 7.09. The summed E-state index contributed by atoms with van der Waals surface area (Å²) in [5, 5.41) is 0. The molecule has 0 saturated carbocycles. The summed E-state index contributed by atoms with van der Waals surface area (Å²) < 4.78 is 6.13. The lowest BCUT2D eigenvalue weighted by Gasteiger charge is -2.25. The third-order valence-corrected chi connectivity index (χ3v) is 3.40. The first kappa shape index (κ1) is 17.4. The van der Waals surface area contributed by atoms with Crippen LogP contribution in [0.4, 0.5) is 0 Å². The summed E-state index contributed by atoms with van der Waals surface area (Å²) in [5.41, 5.74) is 0. The van der Waals surface area contributed by atoms with E-state index in [-0.39, 0.29) is 6.10 Å². The van der Waals surface area contributed by atoms with Crippen molar-refractivity contribution in [2.24, 2.45) is 10.9 Å². The molecule has 0 saturated heterocycles. The van der Waals surface area contributed by atoms with Crippen molar-refractivity contribution in [2.45, 2.75) is 25.9 Å². The van der Waals surface area contributed by atoms with Gasteiger partial charge in [0.2, 0.25) is 0 Å². The van der Waals surface area contributed by atoms with Crippen LogP contribution in [-0.2, 0) is 0 Å². The average molecular weight is 288 g/mol. The summed E-state index contributed by atoms with van der Waals surface area (Å²) in [6.07, 6.45) is 5.93. The maximum Gasteiger partial charge on any atom is 0.119 e. The van der Waals surface area contributed by atoms with E-state index in [1.54, 1.807) is 0 Å². The zero-order valence-electron chi connectivity index (χ0n) is 13.5. The van der Waals surface area contributed by atoms with Crippen LogP contribution in [-0.4, -0.2) is 44.4 Å². The van der Waals surface area contributed by atoms with Crippen LogP contribution in [0.1, 0.15) is 19.8 Å². The Labute approximate surface area is 129 Å². The van der Waals surface area contributed by atoms with Crippen LogP contribution >= 0.6 is 0 Å². The maximum absolute atomic E-state index is 6.13. The van der Waals surface area contributed by atoms with Crippen LogP contribution < -0.4 is 4.74 Å². The Morgan fingerprint density at radius 3 is 2.57 bits per heavy atom. The van der Waals surface area contributed by atoms with E-state index in [0.29, 0.717) is 5.92 Å². The van der Waals surface area contributed by atoms with E-state index in [4.69, 9.17) is 4.74 Å². The van der Waals surface area contributed by atoms with Crippen molar-refractivity contribution < 1.29 is 4.74 Å². The fourth-order valence-electron chi connectivity index (χ4n) is 2.12. The minimum Gasteiger partial charge on any atom is -0.490 e. The van der Waals surface area contributed by atoms with E-state index >= 15 is 0 Å². The minimum absolute atomic E-state index is 0.131. The largest absolute Gasteiger partial charge is 0.490 e. The zero-order chi connectivity index (χ0) is 15.5. The lowest BCUT2D eigenvalue weighted by atomic mass is 9.96. The predicted molar refractivity (Wildman–Crippen MR) is 91.4 cm³/mol. The van der Waals surface area contributed by atoms with Gasteiger partial charge in [-0.3, -0.25) is 4.99 Å². The van der Waals surface area contributed by atoms with Gasteiger partial charge in [-0.25, -0.2) is 0 Å². The first-order valence-electron chi connectivity index (χ1n) is 7.63. The molecule has 3 heteroatoms. The number of hydrogen-bond acceptors (Lipinski definition) is 3. The molecule has 1 aromatic rings. The summed E-state index contributed by atoms with van der Waals surface area (Å²) >= 11 is 0. The molecule has 0 spiro atoms. The van der Waals surface area contributed by atoms with Crippen molar-refractivity contribution in [3.63, 3.8) is 0 Å². The molecule has 21 heavy (non-hydrogen) atoms. The van der Waals surface area contributed by atoms with E-state index in [0.717, 1.165) is 31.7 Å². The molecule has 0 aliphatic rings.